The lowest BCUT2D eigenvalue weighted by Crippen LogP contribution is -2.04. The van der Waals surface area contributed by atoms with Crippen LogP contribution in [0.2, 0.25) is 0 Å². The molecule has 0 bridgehead atoms. The van der Waals surface area contributed by atoms with Gasteiger partial charge in [-0.15, -0.1) is 0 Å². The largest absolute Gasteiger partial charge is 0.493 e. The molecule has 0 N–H and O–H groups in total. The first-order valence-corrected chi connectivity index (χ1v) is 13.3. The molecule has 0 aliphatic rings. The van der Waals surface area contributed by atoms with Gasteiger partial charge in [0.15, 0.2) is 23.0 Å². The zero-order valence-electron chi connectivity index (χ0n) is 23.4. The van der Waals surface area contributed by atoms with Crippen LogP contribution in [0.5, 0.6) is 23.0 Å². The van der Waals surface area contributed by atoms with Gasteiger partial charge in [0.05, 0.1) is 41.7 Å². The van der Waals surface area contributed by atoms with Crippen LogP contribution in [0.15, 0.2) is 84.9 Å². The average molecular weight is 527 g/mol. The third-order valence-electron chi connectivity index (χ3n) is 6.77. The van der Waals surface area contributed by atoms with E-state index in [1.165, 1.54) is 33.4 Å². The van der Waals surface area contributed by atoms with Gasteiger partial charge in [-0.2, -0.15) is 0 Å². The first kappa shape index (κ1) is 28.1. The van der Waals surface area contributed by atoms with Gasteiger partial charge in [0.1, 0.15) is 0 Å². The summed E-state index contributed by atoms with van der Waals surface area (Å²) in [6, 6.07) is 29.6. The van der Waals surface area contributed by atoms with E-state index in [-0.39, 0.29) is 0 Å². The Morgan fingerprint density at radius 1 is 0.410 bits per heavy atom. The zero-order valence-corrected chi connectivity index (χ0v) is 23.4. The van der Waals surface area contributed by atoms with Crippen LogP contribution >= 0.6 is 0 Å². The van der Waals surface area contributed by atoms with E-state index >= 15 is 0 Å². The summed E-state index contributed by atoms with van der Waals surface area (Å²) in [6.45, 7) is 1.40. The molecule has 4 aromatic rings. The predicted octanol–water partition coefficient (Wildman–Crippen LogP) is 6.70. The van der Waals surface area contributed by atoms with E-state index in [4.69, 9.17) is 23.7 Å². The summed E-state index contributed by atoms with van der Waals surface area (Å²) >= 11 is 0. The van der Waals surface area contributed by atoms with E-state index in [1.807, 2.05) is 24.3 Å². The van der Waals surface area contributed by atoms with E-state index in [2.05, 4.69) is 60.7 Å². The highest BCUT2D eigenvalue weighted by Gasteiger charge is 2.07. The van der Waals surface area contributed by atoms with E-state index in [0.717, 1.165) is 48.7 Å². The minimum atomic E-state index is 0.700. The van der Waals surface area contributed by atoms with Crippen molar-refractivity contribution in [2.75, 3.05) is 41.7 Å². The zero-order chi connectivity index (χ0) is 27.5. The van der Waals surface area contributed by atoms with Crippen LogP contribution in [0.3, 0.4) is 0 Å². The van der Waals surface area contributed by atoms with E-state index < -0.39 is 0 Å². The maximum atomic E-state index is 6.01. The predicted molar refractivity (Wildman–Crippen MR) is 156 cm³/mol. The Balaban J connectivity index is 1.24. The van der Waals surface area contributed by atoms with E-state index in [9.17, 15) is 0 Å². The number of rotatable bonds is 14. The molecule has 0 spiro atoms. The van der Waals surface area contributed by atoms with E-state index in [1.54, 1.807) is 28.4 Å². The average Bonchev–Trinajstić information content (AvgIpc) is 2.97. The first-order valence-electron chi connectivity index (χ1n) is 13.3. The monoisotopic (exact) mass is 526 g/mol. The van der Waals surface area contributed by atoms with Crippen molar-refractivity contribution in [2.45, 2.75) is 25.7 Å². The van der Waals surface area contributed by atoms with Gasteiger partial charge in [0.25, 0.3) is 0 Å². The normalized spacial score (nSPS) is 10.8. The molecule has 0 atom stereocenters. The molecular weight excluding hydrogens is 488 g/mol. The summed E-state index contributed by atoms with van der Waals surface area (Å²) in [5, 5.41) is 0. The van der Waals surface area contributed by atoms with Crippen LogP contribution in [-0.2, 0) is 30.4 Å². The minimum Gasteiger partial charge on any atom is -0.493 e. The topological polar surface area (TPSA) is 46.2 Å². The molecule has 0 aliphatic carbocycles. The Morgan fingerprint density at radius 3 is 1.21 bits per heavy atom. The van der Waals surface area contributed by atoms with Gasteiger partial charge in [-0.25, -0.2) is 0 Å². The van der Waals surface area contributed by atoms with Crippen molar-refractivity contribution >= 4 is 0 Å². The van der Waals surface area contributed by atoms with Crippen molar-refractivity contribution < 1.29 is 23.7 Å². The molecule has 0 aromatic heterocycles. The highest BCUT2D eigenvalue weighted by Crippen LogP contribution is 2.29. The summed E-state index contributed by atoms with van der Waals surface area (Å²) < 4.78 is 27.6. The third kappa shape index (κ3) is 8.01. The Kier molecular flexibility index (Phi) is 10.3. The van der Waals surface area contributed by atoms with Crippen LogP contribution in [0.1, 0.15) is 33.4 Å². The van der Waals surface area contributed by atoms with Gasteiger partial charge in [0.2, 0.25) is 0 Å². The van der Waals surface area contributed by atoms with Crippen molar-refractivity contribution in [3.05, 3.63) is 118 Å². The molecule has 4 rings (SSSR count). The van der Waals surface area contributed by atoms with Crippen molar-refractivity contribution in [1.82, 2.24) is 0 Å². The minimum absolute atomic E-state index is 0.700. The number of ether oxygens (including phenoxy) is 5. The van der Waals surface area contributed by atoms with Crippen LogP contribution < -0.4 is 18.9 Å². The standard InChI is InChI=1S/C34H38O5/c1-35-31-13-11-29(23-33(31)37-3)21-27-9-5-7-25(19-27)15-17-39-18-16-26-8-6-10-28(20-26)22-30-12-14-32(36-2)34(24-30)38-4/h5-14,19-20,23-24H,15-18,21-22H2,1-4H3. The molecule has 5 nitrogen and oxygen atoms in total. The summed E-state index contributed by atoms with van der Waals surface area (Å²) in [7, 11) is 6.64. The fourth-order valence-electron chi connectivity index (χ4n) is 4.72. The Bertz CT molecular complexity index is 1240. The number of hydrogen-bond donors (Lipinski definition) is 0. The molecule has 0 fully saturated rings. The highest BCUT2D eigenvalue weighted by molar-refractivity contribution is 5.45. The molecule has 0 radical (unpaired) electrons. The summed E-state index contributed by atoms with van der Waals surface area (Å²) in [5.74, 6) is 3.01. The molecule has 0 saturated heterocycles. The Morgan fingerprint density at radius 2 is 0.795 bits per heavy atom. The smallest absolute Gasteiger partial charge is 0.160 e. The number of benzene rings is 4. The molecule has 0 saturated carbocycles. The lowest BCUT2D eigenvalue weighted by atomic mass is 10.0. The quantitative estimate of drug-likeness (QED) is 0.171. The Labute approximate surface area is 232 Å². The lowest BCUT2D eigenvalue weighted by Gasteiger charge is -2.11. The molecule has 39 heavy (non-hydrogen) atoms. The molecular formula is C34H38O5. The van der Waals surface area contributed by atoms with Gasteiger partial charge in [-0.1, -0.05) is 60.7 Å². The van der Waals surface area contributed by atoms with E-state index in [0.29, 0.717) is 13.2 Å². The van der Waals surface area contributed by atoms with Crippen LogP contribution in [0.4, 0.5) is 0 Å². The van der Waals surface area contributed by atoms with Gasteiger partial charge in [-0.05, 0) is 83.3 Å². The second-order valence-electron chi connectivity index (χ2n) is 9.48. The molecule has 0 amide bonds. The fraction of sp³-hybridized carbons (Fsp3) is 0.294. The Hall–Kier alpha value is -3.96. The molecule has 204 valence electrons. The maximum absolute atomic E-state index is 6.01. The van der Waals surface area contributed by atoms with Crippen molar-refractivity contribution in [2.24, 2.45) is 0 Å². The number of hydrogen-bond acceptors (Lipinski definition) is 5. The molecule has 5 heteroatoms. The van der Waals surface area contributed by atoms with Gasteiger partial charge in [0, 0.05) is 0 Å². The third-order valence-corrected chi connectivity index (χ3v) is 6.77. The molecule has 4 aromatic carbocycles. The summed E-state index contributed by atoms with van der Waals surface area (Å²) in [6.07, 6.45) is 3.46. The van der Waals surface area contributed by atoms with Gasteiger partial charge in [-0.3, -0.25) is 0 Å². The van der Waals surface area contributed by atoms with Gasteiger partial charge < -0.3 is 23.7 Å². The molecule has 0 unspecified atom stereocenters. The second kappa shape index (κ2) is 14.3. The second-order valence-corrected chi connectivity index (χ2v) is 9.48. The van der Waals surface area contributed by atoms with Crippen molar-refractivity contribution in [1.29, 1.82) is 0 Å². The molecule has 0 aliphatic heterocycles. The summed E-state index contributed by atoms with van der Waals surface area (Å²) in [5.41, 5.74) is 7.48. The maximum Gasteiger partial charge on any atom is 0.160 e. The SMILES string of the molecule is COc1ccc(Cc2cccc(CCOCCc3cccc(Cc4ccc(OC)c(OC)c4)c3)c2)cc1OC. The fourth-order valence-corrected chi connectivity index (χ4v) is 4.72. The van der Waals surface area contributed by atoms with Crippen LogP contribution in [0.25, 0.3) is 0 Å². The highest BCUT2D eigenvalue weighted by atomic mass is 16.5. The lowest BCUT2D eigenvalue weighted by molar-refractivity contribution is 0.140. The first-order chi connectivity index (χ1) is 19.1. The van der Waals surface area contributed by atoms with Crippen molar-refractivity contribution in [3.8, 4) is 23.0 Å². The summed E-state index contributed by atoms with van der Waals surface area (Å²) in [4.78, 5) is 0. The van der Waals surface area contributed by atoms with Gasteiger partial charge >= 0.3 is 0 Å². The van der Waals surface area contributed by atoms with Crippen LogP contribution in [-0.4, -0.2) is 41.7 Å². The van der Waals surface area contributed by atoms with Crippen LogP contribution in [0, 0.1) is 0 Å². The molecule has 0 heterocycles. The number of methoxy groups -OCH3 is 4. The van der Waals surface area contributed by atoms with Crippen molar-refractivity contribution in [3.63, 3.8) is 0 Å².